The second-order valence-electron chi connectivity index (χ2n) is 10.1. The quantitative estimate of drug-likeness (QED) is 0.161. The summed E-state index contributed by atoms with van der Waals surface area (Å²) in [6.07, 6.45) is 15.6. The van der Waals surface area contributed by atoms with E-state index in [1.165, 1.54) is 70.6 Å². The average Bonchev–Trinajstić information content (AvgIpc) is 2.91. The van der Waals surface area contributed by atoms with Gasteiger partial charge in [0.05, 0.1) is 31.1 Å². The zero-order valence-corrected chi connectivity index (χ0v) is 22.5. The molecule has 200 valence electrons. The van der Waals surface area contributed by atoms with Crippen LogP contribution in [0.2, 0.25) is 0 Å². The van der Waals surface area contributed by atoms with Crippen molar-refractivity contribution in [1.82, 2.24) is 4.98 Å². The molecule has 5 heteroatoms. The largest absolute Gasteiger partial charge is 0.494 e. The minimum Gasteiger partial charge on any atom is -0.494 e. The van der Waals surface area contributed by atoms with E-state index in [2.05, 4.69) is 18.8 Å². The number of aromatic nitrogens is 1. The first-order valence-corrected chi connectivity index (χ1v) is 14.3. The first-order valence-electron chi connectivity index (χ1n) is 14.3. The lowest BCUT2D eigenvalue weighted by Gasteiger charge is -2.29. The van der Waals surface area contributed by atoms with Crippen LogP contribution in [-0.2, 0) is 9.47 Å². The highest BCUT2D eigenvalue weighted by molar-refractivity contribution is 5.60. The van der Waals surface area contributed by atoms with Gasteiger partial charge < -0.3 is 14.2 Å². The predicted octanol–water partition coefficient (Wildman–Crippen LogP) is 9.04. The van der Waals surface area contributed by atoms with Crippen LogP contribution in [0.5, 0.6) is 5.75 Å². The minimum atomic E-state index is -0.676. The molecular formula is C31H46FNO3. The summed E-state index contributed by atoms with van der Waals surface area (Å²) in [7, 11) is 0. The summed E-state index contributed by atoms with van der Waals surface area (Å²) in [5.74, 6) is 0.698. The number of hydrogen-bond donors (Lipinski definition) is 0. The molecule has 1 aliphatic heterocycles. The molecule has 4 nitrogen and oxygen atoms in total. The summed E-state index contributed by atoms with van der Waals surface area (Å²) in [6.45, 7) is 6.43. The number of benzene rings is 1. The third-order valence-electron chi connectivity index (χ3n) is 6.98. The van der Waals surface area contributed by atoms with Crippen molar-refractivity contribution in [2.45, 2.75) is 104 Å². The number of hydrogen-bond acceptors (Lipinski definition) is 4. The minimum absolute atomic E-state index is 0.371. The molecule has 0 radical (unpaired) electrons. The molecule has 0 atom stereocenters. The standard InChI is InChI=1S/C31H46FNO3/c1-3-5-7-9-11-13-15-25-23-35-31(36-24-25)28-20-21-29(33-30(28)32)26-16-18-27(19-17-26)34-22-14-12-10-8-6-4-2/h16-21,25,31H,3-15,22-24H2,1-2H3. The van der Waals surface area contributed by atoms with E-state index in [1.54, 1.807) is 6.07 Å². The zero-order chi connectivity index (χ0) is 25.4. The van der Waals surface area contributed by atoms with Crippen molar-refractivity contribution >= 4 is 0 Å². The first-order chi connectivity index (χ1) is 17.7. The third-order valence-corrected chi connectivity index (χ3v) is 6.98. The smallest absolute Gasteiger partial charge is 0.221 e. The van der Waals surface area contributed by atoms with Crippen LogP contribution in [0.15, 0.2) is 36.4 Å². The Kier molecular flexibility index (Phi) is 13.3. The molecule has 0 unspecified atom stereocenters. The highest BCUT2D eigenvalue weighted by atomic mass is 19.1. The number of unbranched alkanes of at least 4 members (excludes halogenated alkanes) is 10. The van der Waals surface area contributed by atoms with E-state index in [0.717, 1.165) is 30.8 Å². The number of halogens is 1. The molecule has 0 spiro atoms. The molecule has 36 heavy (non-hydrogen) atoms. The number of pyridine rings is 1. The lowest BCUT2D eigenvalue weighted by molar-refractivity contribution is -0.207. The maximum absolute atomic E-state index is 14.9. The highest BCUT2D eigenvalue weighted by Crippen LogP contribution is 2.30. The molecule has 1 saturated heterocycles. The van der Waals surface area contributed by atoms with Crippen LogP contribution in [0.1, 0.15) is 109 Å². The Hall–Kier alpha value is -1.98. The Morgan fingerprint density at radius 2 is 1.39 bits per heavy atom. The van der Waals surface area contributed by atoms with Crippen molar-refractivity contribution in [2.75, 3.05) is 19.8 Å². The number of rotatable bonds is 17. The van der Waals surface area contributed by atoms with Gasteiger partial charge in [-0.15, -0.1) is 0 Å². The topological polar surface area (TPSA) is 40.6 Å². The summed E-state index contributed by atoms with van der Waals surface area (Å²) < 4.78 is 32.5. The Labute approximate surface area is 218 Å². The normalized spacial score (nSPS) is 17.9. The van der Waals surface area contributed by atoms with E-state index >= 15 is 0 Å². The van der Waals surface area contributed by atoms with E-state index in [-0.39, 0.29) is 0 Å². The van der Waals surface area contributed by atoms with Crippen LogP contribution in [0.4, 0.5) is 4.39 Å². The van der Waals surface area contributed by atoms with Crippen molar-refractivity contribution in [1.29, 1.82) is 0 Å². The van der Waals surface area contributed by atoms with E-state index < -0.39 is 12.2 Å². The molecule has 0 amide bonds. The summed E-state index contributed by atoms with van der Waals surface area (Å²) in [6, 6.07) is 11.3. The van der Waals surface area contributed by atoms with Gasteiger partial charge in [0.2, 0.25) is 5.95 Å². The van der Waals surface area contributed by atoms with Crippen molar-refractivity contribution in [3.63, 3.8) is 0 Å². The maximum Gasteiger partial charge on any atom is 0.221 e. The summed E-state index contributed by atoms with van der Waals surface area (Å²) in [5.41, 5.74) is 1.82. The third kappa shape index (κ3) is 9.82. The van der Waals surface area contributed by atoms with Crippen molar-refractivity contribution < 1.29 is 18.6 Å². The fourth-order valence-electron chi connectivity index (χ4n) is 4.68. The van der Waals surface area contributed by atoms with Crippen molar-refractivity contribution in [2.24, 2.45) is 5.92 Å². The fraction of sp³-hybridized carbons (Fsp3) is 0.645. The lowest BCUT2D eigenvalue weighted by Crippen LogP contribution is -2.27. The van der Waals surface area contributed by atoms with Gasteiger partial charge in [0.1, 0.15) is 5.75 Å². The van der Waals surface area contributed by atoms with Gasteiger partial charge >= 0.3 is 0 Å². The zero-order valence-electron chi connectivity index (χ0n) is 22.5. The first kappa shape index (κ1) is 28.6. The van der Waals surface area contributed by atoms with Crippen LogP contribution < -0.4 is 4.74 Å². The monoisotopic (exact) mass is 499 g/mol. The highest BCUT2D eigenvalue weighted by Gasteiger charge is 2.26. The maximum atomic E-state index is 14.9. The molecule has 1 aromatic carbocycles. The molecule has 0 bridgehead atoms. The van der Waals surface area contributed by atoms with Gasteiger partial charge in [-0.05, 0) is 49.2 Å². The Bertz CT molecular complexity index is 849. The number of ether oxygens (including phenoxy) is 3. The molecule has 0 N–H and O–H groups in total. The summed E-state index contributed by atoms with van der Waals surface area (Å²) in [4.78, 5) is 4.20. The fourth-order valence-corrected chi connectivity index (χ4v) is 4.68. The second-order valence-corrected chi connectivity index (χ2v) is 10.1. The molecule has 3 rings (SSSR count). The molecule has 1 aliphatic rings. The van der Waals surface area contributed by atoms with Crippen molar-refractivity contribution in [3.8, 4) is 17.0 Å². The van der Waals surface area contributed by atoms with E-state index in [1.807, 2.05) is 30.3 Å². The van der Waals surface area contributed by atoms with Crippen LogP contribution in [-0.4, -0.2) is 24.8 Å². The lowest BCUT2D eigenvalue weighted by atomic mass is 10.0. The summed E-state index contributed by atoms with van der Waals surface area (Å²) in [5, 5.41) is 0. The van der Waals surface area contributed by atoms with Gasteiger partial charge in [0, 0.05) is 11.5 Å². The molecule has 1 fully saturated rings. The molecular weight excluding hydrogens is 453 g/mol. The predicted molar refractivity (Wildman–Crippen MR) is 145 cm³/mol. The molecule has 0 saturated carbocycles. The average molecular weight is 500 g/mol. The molecule has 2 aromatic rings. The van der Waals surface area contributed by atoms with Gasteiger partial charge in [-0.25, -0.2) is 4.98 Å². The van der Waals surface area contributed by atoms with E-state index in [0.29, 0.717) is 30.4 Å². The van der Waals surface area contributed by atoms with Gasteiger partial charge in [-0.1, -0.05) is 84.5 Å². The van der Waals surface area contributed by atoms with Crippen molar-refractivity contribution in [3.05, 3.63) is 47.9 Å². The van der Waals surface area contributed by atoms with Crippen LogP contribution in [0.3, 0.4) is 0 Å². The van der Waals surface area contributed by atoms with E-state index in [4.69, 9.17) is 14.2 Å². The molecule has 0 aliphatic carbocycles. The molecule has 2 heterocycles. The van der Waals surface area contributed by atoms with Crippen LogP contribution >= 0.6 is 0 Å². The Morgan fingerprint density at radius 1 is 0.778 bits per heavy atom. The van der Waals surface area contributed by atoms with E-state index in [9.17, 15) is 4.39 Å². The van der Waals surface area contributed by atoms with Gasteiger partial charge in [-0.2, -0.15) is 4.39 Å². The number of nitrogens with zero attached hydrogens (tertiary/aromatic N) is 1. The molecule has 1 aromatic heterocycles. The van der Waals surface area contributed by atoms with Gasteiger partial charge in [-0.3, -0.25) is 0 Å². The summed E-state index contributed by atoms with van der Waals surface area (Å²) >= 11 is 0. The van der Waals surface area contributed by atoms with Crippen LogP contribution in [0, 0.1) is 11.9 Å². The Morgan fingerprint density at radius 3 is 2.03 bits per heavy atom. The Balaban J connectivity index is 1.40. The van der Waals surface area contributed by atoms with Gasteiger partial charge in [0.15, 0.2) is 6.29 Å². The van der Waals surface area contributed by atoms with Gasteiger partial charge in [0.25, 0.3) is 0 Å². The second kappa shape index (κ2) is 16.7. The SMILES string of the molecule is CCCCCCCCOc1ccc(-c2ccc(C3OCC(CCCCCCCC)CO3)c(F)n2)cc1. The van der Waals surface area contributed by atoms with Crippen LogP contribution in [0.25, 0.3) is 11.3 Å².